The number of rotatable bonds is 13. The average Bonchev–Trinajstić information content (AvgIpc) is 2.60. The van der Waals surface area contributed by atoms with Crippen LogP contribution in [0.5, 0.6) is 0 Å². The third-order valence-electron chi connectivity index (χ3n) is 4.23. The lowest BCUT2D eigenvalue weighted by molar-refractivity contribution is 0.877. The Bertz CT molecular complexity index is 466. The van der Waals surface area contributed by atoms with Crippen LogP contribution in [-0.4, -0.2) is 0 Å². The van der Waals surface area contributed by atoms with Crippen LogP contribution in [0.4, 0.5) is 0 Å². The fourth-order valence-corrected chi connectivity index (χ4v) is 2.51. The molecule has 0 unspecified atom stereocenters. The quantitative estimate of drug-likeness (QED) is 0.236. The van der Waals surface area contributed by atoms with E-state index in [-0.39, 0.29) is 0 Å². The van der Waals surface area contributed by atoms with Gasteiger partial charge in [-0.05, 0) is 72.1 Å². The summed E-state index contributed by atoms with van der Waals surface area (Å²) in [5.74, 6) is 0. The largest absolute Gasteiger partial charge is 0.103 e. The highest BCUT2D eigenvalue weighted by atomic mass is 14.0. The van der Waals surface area contributed by atoms with E-state index < -0.39 is 0 Å². The lowest BCUT2D eigenvalue weighted by atomic mass is 10.0. The van der Waals surface area contributed by atoms with Crippen molar-refractivity contribution in [2.75, 3.05) is 0 Å². The molecule has 0 heterocycles. The standard InChI is InChI=1S/C24H38/c1-6-10-12-19-24(9-4)21-15-17-22(5)16-13-14-20-23(8-3)18-11-7-2/h6-8,11,13-14,17,19H,1,9-10,12,15-16,18,20-21H2,2-5H3. The fourth-order valence-electron chi connectivity index (χ4n) is 2.51. The van der Waals surface area contributed by atoms with Crippen LogP contribution in [0.15, 0.2) is 71.9 Å². The molecular weight excluding hydrogens is 288 g/mol. The summed E-state index contributed by atoms with van der Waals surface area (Å²) in [6, 6.07) is 0. The summed E-state index contributed by atoms with van der Waals surface area (Å²) in [6.45, 7) is 12.5. The van der Waals surface area contributed by atoms with Gasteiger partial charge in [-0.3, -0.25) is 0 Å². The molecule has 0 radical (unpaired) electrons. The van der Waals surface area contributed by atoms with Gasteiger partial charge in [-0.25, -0.2) is 0 Å². The Morgan fingerprint density at radius 3 is 2.17 bits per heavy atom. The molecule has 24 heavy (non-hydrogen) atoms. The zero-order valence-corrected chi connectivity index (χ0v) is 16.5. The van der Waals surface area contributed by atoms with Crippen molar-refractivity contribution in [3.8, 4) is 0 Å². The fraction of sp³-hybridized carbons (Fsp3) is 0.500. The number of hydrogen-bond donors (Lipinski definition) is 0. The molecule has 0 aromatic carbocycles. The van der Waals surface area contributed by atoms with Gasteiger partial charge in [0, 0.05) is 0 Å². The molecule has 0 aliphatic carbocycles. The van der Waals surface area contributed by atoms with Gasteiger partial charge in [-0.2, -0.15) is 0 Å². The van der Waals surface area contributed by atoms with Crippen LogP contribution in [0.25, 0.3) is 0 Å². The van der Waals surface area contributed by atoms with Gasteiger partial charge in [-0.15, -0.1) is 6.58 Å². The maximum Gasteiger partial charge on any atom is -0.0136 e. The van der Waals surface area contributed by atoms with Crippen LogP contribution in [0.2, 0.25) is 0 Å². The summed E-state index contributed by atoms with van der Waals surface area (Å²) in [7, 11) is 0. The van der Waals surface area contributed by atoms with Gasteiger partial charge in [-0.1, -0.05) is 72.3 Å². The lowest BCUT2D eigenvalue weighted by Gasteiger charge is -2.03. The monoisotopic (exact) mass is 326 g/mol. The first-order valence-corrected chi connectivity index (χ1v) is 9.52. The molecule has 0 aromatic rings. The second-order valence-corrected chi connectivity index (χ2v) is 6.27. The SMILES string of the molecule is C=CCCC=C(CC)CCC=C(C)CC=CCC(=CC)CC=CC. The molecule has 0 heteroatoms. The predicted molar refractivity (Wildman–Crippen MR) is 112 cm³/mol. The van der Waals surface area contributed by atoms with Crippen LogP contribution in [-0.2, 0) is 0 Å². The topological polar surface area (TPSA) is 0 Å². The molecule has 0 aliphatic rings. The van der Waals surface area contributed by atoms with E-state index in [1.165, 1.54) is 24.0 Å². The highest BCUT2D eigenvalue weighted by molar-refractivity contribution is 5.13. The van der Waals surface area contributed by atoms with E-state index in [2.05, 4.69) is 76.8 Å². The summed E-state index contributed by atoms with van der Waals surface area (Å²) in [5, 5.41) is 0. The van der Waals surface area contributed by atoms with Crippen molar-refractivity contribution in [1.29, 1.82) is 0 Å². The van der Waals surface area contributed by atoms with E-state index >= 15 is 0 Å². The Morgan fingerprint density at radius 2 is 1.54 bits per heavy atom. The van der Waals surface area contributed by atoms with Crippen molar-refractivity contribution < 1.29 is 0 Å². The molecule has 134 valence electrons. The minimum atomic E-state index is 1.07. The van der Waals surface area contributed by atoms with Crippen LogP contribution in [0.1, 0.15) is 79.1 Å². The molecule has 0 aromatic heterocycles. The minimum absolute atomic E-state index is 1.07. The van der Waals surface area contributed by atoms with Gasteiger partial charge >= 0.3 is 0 Å². The van der Waals surface area contributed by atoms with Crippen molar-refractivity contribution in [2.24, 2.45) is 0 Å². The first-order chi connectivity index (χ1) is 11.7. The lowest BCUT2D eigenvalue weighted by Crippen LogP contribution is -1.83. The molecule has 0 aliphatic heterocycles. The molecule has 0 nitrogen and oxygen atoms in total. The average molecular weight is 327 g/mol. The second kappa shape index (κ2) is 16.3. The van der Waals surface area contributed by atoms with Crippen molar-refractivity contribution in [2.45, 2.75) is 79.1 Å². The smallest absolute Gasteiger partial charge is 0.0136 e. The highest BCUT2D eigenvalue weighted by Gasteiger charge is 1.94. The Hall–Kier alpha value is -1.56. The van der Waals surface area contributed by atoms with E-state index in [1.54, 1.807) is 5.57 Å². The Kier molecular flexibility index (Phi) is 15.2. The maximum atomic E-state index is 3.78. The summed E-state index contributed by atoms with van der Waals surface area (Å²) in [4.78, 5) is 0. The minimum Gasteiger partial charge on any atom is -0.103 e. The summed E-state index contributed by atoms with van der Waals surface area (Å²) >= 11 is 0. The molecule has 0 rings (SSSR count). The van der Waals surface area contributed by atoms with Gasteiger partial charge in [0.15, 0.2) is 0 Å². The van der Waals surface area contributed by atoms with Crippen LogP contribution in [0.3, 0.4) is 0 Å². The van der Waals surface area contributed by atoms with Crippen LogP contribution >= 0.6 is 0 Å². The highest BCUT2D eigenvalue weighted by Crippen LogP contribution is 2.14. The van der Waals surface area contributed by atoms with Gasteiger partial charge in [0.1, 0.15) is 0 Å². The van der Waals surface area contributed by atoms with Crippen LogP contribution < -0.4 is 0 Å². The Labute approximate surface area is 151 Å². The zero-order chi connectivity index (χ0) is 18.0. The molecule has 0 atom stereocenters. The molecule has 0 N–H and O–H groups in total. The van der Waals surface area contributed by atoms with Crippen LogP contribution in [0, 0.1) is 0 Å². The third-order valence-corrected chi connectivity index (χ3v) is 4.23. The van der Waals surface area contributed by atoms with Crippen molar-refractivity contribution >= 4 is 0 Å². The first kappa shape index (κ1) is 22.4. The van der Waals surface area contributed by atoms with E-state index in [0.717, 1.165) is 38.5 Å². The van der Waals surface area contributed by atoms with E-state index in [9.17, 15) is 0 Å². The number of unbranched alkanes of at least 4 members (excludes halogenated alkanes) is 1. The normalized spacial score (nSPS) is 14.1. The number of hydrogen-bond acceptors (Lipinski definition) is 0. The molecule has 0 saturated carbocycles. The molecule has 0 saturated heterocycles. The van der Waals surface area contributed by atoms with Crippen molar-refractivity contribution in [3.05, 3.63) is 71.9 Å². The number of allylic oxidation sites excluding steroid dienone is 11. The van der Waals surface area contributed by atoms with Gasteiger partial charge in [0.2, 0.25) is 0 Å². The maximum absolute atomic E-state index is 3.78. The van der Waals surface area contributed by atoms with Gasteiger partial charge in [0.25, 0.3) is 0 Å². The van der Waals surface area contributed by atoms with E-state index in [0.29, 0.717) is 0 Å². The summed E-state index contributed by atoms with van der Waals surface area (Å²) < 4.78 is 0. The second-order valence-electron chi connectivity index (χ2n) is 6.27. The van der Waals surface area contributed by atoms with Crippen molar-refractivity contribution in [1.82, 2.24) is 0 Å². The molecule has 0 fully saturated rings. The van der Waals surface area contributed by atoms with Gasteiger partial charge in [0.05, 0.1) is 0 Å². The Morgan fingerprint density at radius 1 is 0.833 bits per heavy atom. The third kappa shape index (κ3) is 12.9. The Balaban J connectivity index is 4.15. The van der Waals surface area contributed by atoms with Gasteiger partial charge < -0.3 is 0 Å². The molecule has 0 spiro atoms. The first-order valence-electron chi connectivity index (χ1n) is 9.52. The summed E-state index contributed by atoms with van der Waals surface area (Å²) in [6.07, 6.45) is 27.0. The van der Waals surface area contributed by atoms with E-state index in [4.69, 9.17) is 0 Å². The predicted octanol–water partition coefficient (Wildman–Crippen LogP) is 8.26. The summed E-state index contributed by atoms with van der Waals surface area (Å²) in [5.41, 5.74) is 4.55. The molecular formula is C24H38. The van der Waals surface area contributed by atoms with E-state index in [1.807, 2.05) is 6.08 Å². The zero-order valence-electron chi connectivity index (χ0n) is 16.5. The van der Waals surface area contributed by atoms with Crippen molar-refractivity contribution in [3.63, 3.8) is 0 Å². The molecule has 0 bridgehead atoms. The molecule has 0 amide bonds.